The van der Waals surface area contributed by atoms with Crippen LogP contribution >= 0.6 is 0 Å². The van der Waals surface area contributed by atoms with E-state index in [2.05, 4.69) is 5.32 Å². The highest BCUT2D eigenvalue weighted by atomic mass is 19.2. The molecule has 138 valence electrons. The van der Waals surface area contributed by atoms with Gasteiger partial charge in [0.05, 0.1) is 12.1 Å². The topological polar surface area (TPSA) is 82.4 Å². The van der Waals surface area contributed by atoms with Crippen LogP contribution in [0.5, 0.6) is 5.75 Å². The molecule has 1 fully saturated rings. The molecule has 2 aromatic rings. The summed E-state index contributed by atoms with van der Waals surface area (Å²) in [6.45, 7) is 1.33. The molecule has 2 aromatic carbocycles. The molecule has 0 saturated carbocycles. The van der Waals surface area contributed by atoms with E-state index in [9.17, 15) is 18.4 Å². The molecule has 8 heteroatoms. The molecule has 1 atom stereocenters. The van der Waals surface area contributed by atoms with Gasteiger partial charge in [-0.1, -0.05) is 18.2 Å². The third kappa shape index (κ3) is 3.31. The summed E-state index contributed by atoms with van der Waals surface area (Å²) in [5.41, 5.74) is -1.03. The number of carbonyl (C=O) groups excluding carboxylic acids is 2. The minimum Gasteiger partial charge on any atom is -0.490 e. The van der Waals surface area contributed by atoms with Crippen LogP contribution in [-0.2, 0) is 10.3 Å². The fraction of sp³-hybridized carbons (Fsp3) is 0.211. The van der Waals surface area contributed by atoms with Gasteiger partial charge in [-0.15, -0.1) is 0 Å². The average Bonchev–Trinajstić information content (AvgIpc) is 2.88. The zero-order chi connectivity index (χ0) is 19.6. The first kappa shape index (κ1) is 18.3. The van der Waals surface area contributed by atoms with Crippen molar-refractivity contribution in [3.8, 4) is 11.8 Å². The van der Waals surface area contributed by atoms with Gasteiger partial charge in [0.2, 0.25) is 0 Å². The molecule has 1 N–H and O–H groups in total. The lowest BCUT2D eigenvalue weighted by Gasteiger charge is -2.22. The number of nitriles is 1. The first-order valence-electron chi connectivity index (χ1n) is 8.08. The molecular formula is C19H15F2N3O3. The van der Waals surface area contributed by atoms with Gasteiger partial charge in [0.1, 0.15) is 24.0 Å². The molecule has 0 aliphatic carbocycles. The Morgan fingerprint density at radius 2 is 1.93 bits per heavy atom. The van der Waals surface area contributed by atoms with Gasteiger partial charge in [-0.2, -0.15) is 5.26 Å². The van der Waals surface area contributed by atoms with Crippen LogP contribution in [0.3, 0.4) is 0 Å². The maximum atomic E-state index is 13.5. The number of ether oxygens (including phenoxy) is 1. The van der Waals surface area contributed by atoms with Crippen molar-refractivity contribution in [1.82, 2.24) is 10.2 Å². The molecule has 1 heterocycles. The highest BCUT2D eigenvalue weighted by molar-refractivity contribution is 6.07. The van der Waals surface area contributed by atoms with E-state index in [-0.39, 0.29) is 18.7 Å². The van der Waals surface area contributed by atoms with Gasteiger partial charge < -0.3 is 10.1 Å². The highest BCUT2D eigenvalue weighted by Gasteiger charge is 2.49. The number of benzene rings is 2. The number of halogens is 2. The second-order valence-electron chi connectivity index (χ2n) is 6.10. The van der Waals surface area contributed by atoms with Crippen molar-refractivity contribution in [3.63, 3.8) is 0 Å². The molecule has 1 aliphatic rings. The first-order chi connectivity index (χ1) is 12.9. The fourth-order valence-electron chi connectivity index (χ4n) is 2.83. The maximum Gasteiger partial charge on any atom is 0.325 e. The first-order valence-corrected chi connectivity index (χ1v) is 8.08. The SMILES string of the molecule is C[C@@]1(c2ccc(F)c(F)c2)NC(=O)N(CCOc2ccccc2C#N)C1=O. The van der Waals surface area contributed by atoms with Crippen LogP contribution in [-0.4, -0.2) is 30.0 Å². The summed E-state index contributed by atoms with van der Waals surface area (Å²) in [4.78, 5) is 25.9. The van der Waals surface area contributed by atoms with E-state index in [0.717, 1.165) is 17.0 Å². The summed E-state index contributed by atoms with van der Waals surface area (Å²) < 4.78 is 32.2. The molecule has 0 bridgehead atoms. The number of hydrogen-bond donors (Lipinski definition) is 1. The minimum atomic E-state index is -1.50. The number of nitrogens with zero attached hydrogens (tertiary/aromatic N) is 2. The summed E-state index contributed by atoms with van der Waals surface area (Å²) >= 11 is 0. The third-order valence-electron chi connectivity index (χ3n) is 4.35. The Morgan fingerprint density at radius 3 is 2.63 bits per heavy atom. The van der Waals surface area contributed by atoms with Crippen LogP contribution < -0.4 is 10.1 Å². The number of imide groups is 1. The highest BCUT2D eigenvalue weighted by Crippen LogP contribution is 2.29. The van der Waals surface area contributed by atoms with E-state index in [4.69, 9.17) is 10.00 Å². The number of para-hydroxylation sites is 1. The Kier molecular flexibility index (Phi) is 4.77. The van der Waals surface area contributed by atoms with E-state index in [1.807, 2.05) is 6.07 Å². The summed E-state index contributed by atoms with van der Waals surface area (Å²) in [6.07, 6.45) is 0. The zero-order valence-corrected chi connectivity index (χ0v) is 14.3. The molecule has 6 nitrogen and oxygen atoms in total. The van der Waals surface area contributed by atoms with E-state index in [0.29, 0.717) is 11.3 Å². The number of nitrogens with one attached hydrogen (secondary N) is 1. The van der Waals surface area contributed by atoms with Crippen molar-refractivity contribution in [1.29, 1.82) is 5.26 Å². The Labute approximate surface area is 154 Å². The molecule has 1 aliphatic heterocycles. The molecule has 27 heavy (non-hydrogen) atoms. The van der Waals surface area contributed by atoms with Gasteiger partial charge in [-0.3, -0.25) is 9.69 Å². The van der Waals surface area contributed by atoms with Gasteiger partial charge >= 0.3 is 6.03 Å². The molecular weight excluding hydrogens is 356 g/mol. The number of hydrogen-bond acceptors (Lipinski definition) is 4. The fourth-order valence-corrected chi connectivity index (χ4v) is 2.83. The van der Waals surface area contributed by atoms with Gasteiger partial charge in [-0.25, -0.2) is 13.6 Å². The number of urea groups is 1. The van der Waals surface area contributed by atoms with Gasteiger partial charge in [-0.05, 0) is 36.8 Å². The van der Waals surface area contributed by atoms with Crippen molar-refractivity contribution in [2.45, 2.75) is 12.5 Å². The Balaban J connectivity index is 1.72. The molecule has 0 radical (unpaired) electrons. The lowest BCUT2D eigenvalue weighted by molar-refractivity contribution is -0.131. The maximum absolute atomic E-state index is 13.5. The Hall–Kier alpha value is -3.47. The number of amides is 3. The molecule has 3 amide bonds. The summed E-state index contributed by atoms with van der Waals surface area (Å²) in [7, 11) is 0. The lowest BCUT2D eigenvalue weighted by atomic mass is 9.92. The van der Waals surface area contributed by atoms with E-state index in [1.165, 1.54) is 13.0 Å². The Morgan fingerprint density at radius 1 is 1.19 bits per heavy atom. The summed E-state index contributed by atoms with van der Waals surface area (Å²) in [5.74, 6) is -2.41. The minimum absolute atomic E-state index is 0.0221. The van der Waals surface area contributed by atoms with Crippen molar-refractivity contribution in [2.75, 3.05) is 13.2 Å². The molecule has 0 aromatic heterocycles. The molecule has 1 saturated heterocycles. The van der Waals surface area contributed by atoms with Crippen LogP contribution in [0.2, 0.25) is 0 Å². The number of rotatable bonds is 5. The summed E-state index contributed by atoms with van der Waals surface area (Å²) in [5, 5.41) is 11.5. The zero-order valence-electron chi connectivity index (χ0n) is 14.3. The predicted molar refractivity (Wildman–Crippen MR) is 90.6 cm³/mol. The lowest BCUT2D eigenvalue weighted by Crippen LogP contribution is -2.41. The van der Waals surface area contributed by atoms with Gasteiger partial charge in [0, 0.05) is 0 Å². The van der Waals surface area contributed by atoms with Crippen molar-refractivity contribution in [3.05, 3.63) is 65.2 Å². The van der Waals surface area contributed by atoms with Crippen molar-refractivity contribution < 1.29 is 23.1 Å². The van der Waals surface area contributed by atoms with Crippen LogP contribution in [0.1, 0.15) is 18.1 Å². The molecule has 3 rings (SSSR count). The van der Waals surface area contributed by atoms with Gasteiger partial charge in [0.25, 0.3) is 5.91 Å². The monoisotopic (exact) mass is 371 g/mol. The van der Waals surface area contributed by atoms with Crippen molar-refractivity contribution >= 4 is 11.9 Å². The second-order valence-corrected chi connectivity index (χ2v) is 6.10. The van der Waals surface area contributed by atoms with Crippen LogP contribution in [0.25, 0.3) is 0 Å². The van der Waals surface area contributed by atoms with E-state index >= 15 is 0 Å². The van der Waals surface area contributed by atoms with Crippen LogP contribution in [0.4, 0.5) is 13.6 Å². The normalized spacial score (nSPS) is 19.0. The van der Waals surface area contributed by atoms with Gasteiger partial charge in [0.15, 0.2) is 11.6 Å². The standard InChI is InChI=1S/C19H15F2N3O3/c1-19(13-6-7-14(20)15(21)10-13)17(25)24(18(26)23-19)8-9-27-16-5-3-2-4-12(16)11-22/h2-7,10H,8-9H2,1H3,(H,23,26)/t19-/m0/s1. The average molecular weight is 371 g/mol. The second kappa shape index (κ2) is 7.03. The third-order valence-corrected chi connectivity index (χ3v) is 4.35. The predicted octanol–water partition coefficient (Wildman–Crippen LogP) is 2.68. The summed E-state index contributed by atoms with van der Waals surface area (Å²) in [6, 6.07) is 10.9. The van der Waals surface area contributed by atoms with E-state index in [1.54, 1.807) is 24.3 Å². The number of carbonyl (C=O) groups is 2. The smallest absolute Gasteiger partial charge is 0.325 e. The quantitative estimate of drug-likeness (QED) is 0.820. The largest absolute Gasteiger partial charge is 0.490 e. The Bertz CT molecular complexity index is 957. The van der Waals surface area contributed by atoms with Crippen LogP contribution in [0, 0.1) is 23.0 Å². The van der Waals surface area contributed by atoms with E-state index < -0.39 is 29.1 Å². The van der Waals surface area contributed by atoms with Crippen LogP contribution in [0.15, 0.2) is 42.5 Å². The molecule has 0 spiro atoms. The molecule has 0 unspecified atom stereocenters. The van der Waals surface area contributed by atoms with Crippen molar-refractivity contribution in [2.24, 2.45) is 0 Å².